The van der Waals surface area contributed by atoms with Crippen LogP contribution in [0.15, 0.2) is 75.7 Å². The first-order valence-electron chi connectivity index (χ1n) is 11.0. The van der Waals surface area contributed by atoms with Crippen LogP contribution in [0.5, 0.6) is 5.75 Å². The normalized spacial score (nSPS) is 12.2. The quantitative estimate of drug-likeness (QED) is 0.154. The third kappa shape index (κ3) is 8.73. The smallest absolute Gasteiger partial charge is 0.406 e. The van der Waals surface area contributed by atoms with Gasteiger partial charge in [0.2, 0.25) is 0 Å². The summed E-state index contributed by atoms with van der Waals surface area (Å²) in [5, 5.41) is 7.71. The van der Waals surface area contributed by atoms with Gasteiger partial charge in [0.15, 0.2) is 5.11 Å². The maximum Gasteiger partial charge on any atom is 0.573 e. The van der Waals surface area contributed by atoms with Gasteiger partial charge in [-0.15, -0.1) is 13.2 Å². The summed E-state index contributed by atoms with van der Waals surface area (Å²) in [6, 6.07) is 16.4. The molecule has 192 valence electrons. The fourth-order valence-electron chi connectivity index (χ4n) is 3.39. The second-order valence-corrected chi connectivity index (χ2v) is 8.43. The van der Waals surface area contributed by atoms with E-state index in [1.807, 2.05) is 32.9 Å². The van der Waals surface area contributed by atoms with Gasteiger partial charge in [-0.3, -0.25) is 5.43 Å². The molecule has 0 saturated heterocycles. The van der Waals surface area contributed by atoms with Crippen LogP contribution in [0.1, 0.15) is 27.8 Å². The third-order valence-electron chi connectivity index (χ3n) is 4.98. The second-order valence-electron chi connectivity index (χ2n) is 8.02. The van der Waals surface area contributed by atoms with E-state index in [9.17, 15) is 13.2 Å². The van der Waals surface area contributed by atoms with Crippen LogP contribution in [0.3, 0.4) is 0 Å². The molecule has 0 unspecified atom stereocenters. The molecule has 0 fully saturated rings. The van der Waals surface area contributed by atoms with E-state index in [0.29, 0.717) is 16.4 Å². The molecule has 0 aliphatic rings. The van der Waals surface area contributed by atoms with Crippen molar-refractivity contribution in [3.8, 4) is 5.75 Å². The Hall–Kier alpha value is -4.25. The van der Waals surface area contributed by atoms with Crippen molar-refractivity contribution in [3.05, 3.63) is 88.5 Å². The number of anilines is 1. The first-order valence-corrected chi connectivity index (χ1v) is 11.4. The number of amidine groups is 1. The van der Waals surface area contributed by atoms with E-state index in [0.717, 1.165) is 34.5 Å². The minimum absolute atomic E-state index is 0.219. The molecule has 0 aliphatic carbocycles. The monoisotopic (exact) mass is 526 g/mol. The van der Waals surface area contributed by atoms with Crippen molar-refractivity contribution in [2.75, 3.05) is 5.32 Å². The van der Waals surface area contributed by atoms with Gasteiger partial charge in [-0.05, 0) is 73.9 Å². The molecule has 7 nitrogen and oxygen atoms in total. The molecule has 0 aromatic heterocycles. The van der Waals surface area contributed by atoms with Gasteiger partial charge in [-0.2, -0.15) is 5.10 Å². The van der Waals surface area contributed by atoms with Crippen molar-refractivity contribution in [2.24, 2.45) is 20.8 Å². The van der Waals surface area contributed by atoms with Crippen LogP contribution in [-0.2, 0) is 0 Å². The van der Waals surface area contributed by atoms with Crippen LogP contribution in [-0.4, -0.2) is 29.9 Å². The molecule has 11 heteroatoms. The number of hydrazone groups is 1. The topological polar surface area (TPSA) is 96.4 Å². The number of benzene rings is 3. The minimum Gasteiger partial charge on any atom is -0.406 e. The van der Waals surface area contributed by atoms with Gasteiger partial charge in [-0.25, -0.2) is 9.98 Å². The first kappa shape index (κ1) is 27.3. The van der Waals surface area contributed by atoms with E-state index in [4.69, 9.17) is 18.0 Å². The van der Waals surface area contributed by atoms with Crippen molar-refractivity contribution in [1.29, 1.82) is 0 Å². The molecule has 37 heavy (non-hydrogen) atoms. The van der Waals surface area contributed by atoms with Crippen molar-refractivity contribution < 1.29 is 17.9 Å². The Bertz CT molecular complexity index is 1310. The number of aryl methyl sites for hydroxylation is 3. The number of hydrogen-bond donors (Lipinski definition) is 3. The highest BCUT2D eigenvalue weighted by Gasteiger charge is 2.30. The van der Waals surface area contributed by atoms with Gasteiger partial charge in [0.05, 0.1) is 11.9 Å². The molecule has 0 saturated carbocycles. The van der Waals surface area contributed by atoms with E-state index < -0.39 is 6.36 Å². The van der Waals surface area contributed by atoms with Crippen molar-refractivity contribution in [3.63, 3.8) is 0 Å². The molecule has 0 spiro atoms. The molecule has 0 amide bonds. The number of nitrogens with two attached hydrogens (primary N) is 1. The number of aliphatic imine (C=N–C) groups is 2. The van der Waals surface area contributed by atoms with Crippen molar-refractivity contribution in [2.45, 2.75) is 27.1 Å². The number of halogens is 3. The number of nitrogens with one attached hydrogen (secondary N) is 2. The maximum absolute atomic E-state index is 12.2. The van der Waals surface area contributed by atoms with Crippen LogP contribution >= 0.6 is 12.2 Å². The summed E-state index contributed by atoms with van der Waals surface area (Å²) in [4.78, 5) is 8.12. The van der Waals surface area contributed by atoms with Crippen molar-refractivity contribution >= 4 is 47.1 Å². The maximum atomic E-state index is 12.2. The lowest BCUT2D eigenvalue weighted by atomic mass is 10.1. The number of thiocarbonyl (C=S) groups is 1. The van der Waals surface area contributed by atoms with E-state index in [1.165, 1.54) is 24.0 Å². The predicted molar refractivity (Wildman–Crippen MR) is 146 cm³/mol. The van der Waals surface area contributed by atoms with Crippen LogP contribution in [0.4, 0.5) is 24.5 Å². The summed E-state index contributed by atoms with van der Waals surface area (Å²) < 4.78 is 40.5. The molecular formula is C26H25F3N6OS. The summed E-state index contributed by atoms with van der Waals surface area (Å²) in [7, 11) is 0. The van der Waals surface area contributed by atoms with Crippen LogP contribution < -0.4 is 21.2 Å². The van der Waals surface area contributed by atoms with Gasteiger partial charge < -0.3 is 15.8 Å². The average molecular weight is 527 g/mol. The Labute approximate surface area is 218 Å². The van der Waals surface area contributed by atoms with Gasteiger partial charge in [0.1, 0.15) is 17.9 Å². The Balaban J connectivity index is 1.53. The van der Waals surface area contributed by atoms with Crippen LogP contribution in [0, 0.1) is 20.8 Å². The highest BCUT2D eigenvalue weighted by atomic mass is 32.1. The van der Waals surface area contributed by atoms with Crippen molar-refractivity contribution in [1.82, 2.24) is 5.43 Å². The lowest BCUT2D eigenvalue weighted by Gasteiger charge is -2.13. The highest BCUT2D eigenvalue weighted by Crippen LogP contribution is 2.25. The lowest BCUT2D eigenvalue weighted by Crippen LogP contribution is -2.24. The molecular weight excluding hydrogens is 501 g/mol. The summed E-state index contributed by atoms with van der Waals surface area (Å²) in [6.45, 7) is 6.09. The Morgan fingerprint density at radius 2 is 1.59 bits per heavy atom. The number of ether oxygens (including phenoxy) is 1. The molecule has 0 atom stereocenters. The Kier molecular flexibility index (Phi) is 8.96. The molecule has 4 N–H and O–H groups in total. The Morgan fingerprint density at radius 3 is 2.19 bits per heavy atom. The fourth-order valence-corrected chi connectivity index (χ4v) is 3.54. The van der Waals surface area contributed by atoms with Gasteiger partial charge in [0.25, 0.3) is 0 Å². The third-order valence-corrected chi connectivity index (χ3v) is 5.17. The zero-order chi connectivity index (χ0) is 27.0. The molecule has 3 rings (SSSR count). The predicted octanol–water partition coefficient (Wildman–Crippen LogP) is 5.90. The fraction of sp³-hybridized carbons (Fsp3) is 0.154. The number of alkyl halides is 3. The van der Waals surface area contributed by atoms with Gasteiger partial charge >= 0.3 is 6.36 Å². The van der Waals surface area contributed by atoms with E-state index >= 15 is 0 Å². The first-order chi connectivity index (χ1) is 17.5. The summed E-state index contributed by atoms with van der Waals surface area (Å²) in [6.07, 6.45) is -1.90. The van der Waals surface area contributed by atoms with E-state index in [-0.39, 0.29) is 11.6 Å². The summed E-state index contributed by atoms with van der Waals surface area (Å²) >= 11 is 5.33. The molecule has 0 radical (unpaired) electrons. The number of nitrogens with zero attached hydrogens (tertiary/aromatic N) is 3. The van der Waals surface area contributed by atoms with Gasteiger partial charge in [-0.1, -0.05) is 42.0 Å². The van der Waals surface area contributed by atoms with E-state index in [1.54, 1.807) is 18.3 Å². The average Bonchev–Trinajstić information content (AvgIpc) is 2.82. The Morgan fingerprint density at radius 1 is 0.973 bits per heavy atom. The standard InChI is InChI=1S/C26H25F3N6OS/c1-16-12-17(2)23(18(3)13-16)34-25(37)35-33-14-19-4-6-20(7-5-19)24(30)32-15-31-21-8-10-22(11-9-21)36-26(27,28)29/h4-15H,1-3H3,(H2,30,31,32)(H2,34,35,37)/b33-14+. The SMILES string of the molecule is Cc1cc(C)c(NC(=S)N/N=C/c2ccc(C(N)=NC=Nc3ccc(OC(F)(F)F)cc3)cc2)c(C)c1. The second kappa shape index (κ2) is 12.1. The van der Waals surface area contributed by atoms with Crippen LogP contribution in [0.25, 0.3) is 0 Å². The molecule has 0 heterocycles. The van der Waals surface area contributed by atoms with E-state index in [2.05, 4.69) is 42.7 Å². The van der Waals surface area contributed by atoms with Crippen LogP contribution in [0.2, 0.25) is 0 Å². The molecule has 3 aromatic rings. The molecule has 3 aromatic carbocycles. The number of hydrogen-bond acceptors (Lipinski definition) is 4. The highest BCUT2D eigenvalue weighted by molar-refractivity contribution is 7.80. The zero-order valence-corrected chi connectivity index (χ0v) is 21.1. The summed E-state index contributed by atoms with van der Waals surface area (Å²) in [5.74, 6) is -0.112. The zero-order valence-electron chi connectivity index (χ0n) is 20.3. The lowest BCUT2D eigenvalue weighted by molar-refractivity contribution is -0.274. The molecule has 0 bridgehead atoms. The molecule has 0 aliphatic heterocycles. The summed E-state index contributed by atoms with van der Waals surface area (Å²) in [5.41, 5.74) is 15.0. The largest absolute Gasteiger partial charge is 0.573 e. The number of rotatable bonds is 7. The minimum atomic E-state index is -4.74. The van der Waals surface area contributed by atoms with Gasteiger partial charge in [0, 0.05) is 11.3 Å².